The molecule has 1 heterocycles. The van der Waals surface area contributed by atoms with E-state index in [9.17, 15) is 8.78 Å². The second-order valence-electron chi connectivity index (χ2n) is 5.16. The maximum atomic E-state index is 13.6. The predicted molar refractivity (Wildman–Crippen MR) is 70.7 cm³/mol. The molecule has 100 valence electrons. The minimum Gasteiger partial charge on any atom is -0.379 e. The molecule has 1 atom stereocenters. The van der Waals surface area contributed by atoms with Crippen LogP contribution in [0.5, 0.6) is 0 Å². The molecule has 1 aromatic carbocycles. The van der Waals surface area contributed by atoms with Crippen LogP contribution in [-0.4, -0.2) is 18.2 Å². The molecular formula is C13H16BrF2NO. The van der Waals surface area contributed by atoms with E-state index >= 15 is 0 Å². The van der Waals surface area contributed by atoms with Gasteiger partial charge in [0.1, 0.15) is 11.6 Å². The highest BCUT2D eigenvalue weighted by atomic mass is 79.9. The molecule has 1 aromatic rings. The summed E-state index contributed by atoms with van der Waals surface area (Å²) in [6, 6.07) is 2.11. The third-order valence-electron chi connectivity index (χ3n) is 3.07. The molecule has 18 heavy (non-hydrogen) atoms. The summed E-state index contributed by atoms with van der Waals surface area (Å²) in [5.74, 6) is -1.19. The number of hydrogen-bond acceptors (Lipinski definition) is 2. The Morgan fingerprint density at radius 3 is 2.72 bits per heavy atom. The van der Waals surface area contributed by atoms with Crippen LogP contribution in [0.2, 0.25) is 0 Å². The fourth-order valence-corrected chi connectivity index (χ4v) is 2.70. The van der Waals surface area contributed by atoms with Gasteiger partial charge in [-0.2, -0.15) is 0 Å². The van der Waals surface area contributed by atoms with E-state index in [-0.39, 0.29) is 17.4 Å². The van der Waals surface area contributed by atoms with Gasteiger partial charge in [0.05, 0.1) is 17.4 Å². The van der Waals surface area contributed by atoms with Crippen molar-refractivity contribution in [1.82, 2.24) is 0 Å². The van der Waals surface area contributed by atoms with Crippen LogP contribution in [0.4, 0.5) is 14.5 Å². The average Bonchev–Trinajstić information content (AvgIpc) is 2.56. The monoisotopic (exact) mass is 319 g/mol. The van der Waals surface area contributed by atoms with Gasteiger partial charge in [0.2, 0.25) is 0 Å². The number of anilines is 1. The van der Waals surface area contributed by atoms with Gasteiger partial charge in [0, 0.05) is 17.1 Å². The third-order valence-corrected chi connectivity index (χ3v) is 3.69. The van der Waals surface area contributed by atoms with Crippen molar-refractivity contribution in [2.24, 2.45) is 0 Å². The lowest BCUT2D eigenvalue weighted by Crippen LogP contribution is -2.25. The molecule has 1 unspecified atom stereocenters. The van der Waals surface area contributed by atoms with E-state index in [0.29, 0.717) is 11.0 Å². The number of nitrogens with one attached hydrogen (secondary N) is 1. The Balaban J connectivity index is 1.99. The first-order chi connectivity index (χ1) is 8.37. The van der Waals surface area contributed by atoms with Gasteiger partial charge in [0.25, 0.3) is 0 Å². The van der Waals surface area contributed by atoms with Gasteiger partial charge in [-0.15, -0.1) is 0 Å². The van der Waals surface area contributed by atoms with Gasteiger partial charge >= 0.3 is 0 Å². The molecule has 1 aliphatic heterocycles. The van der Waals surface area contributed by atoms with Gasteiger partial charge in [-0.05, 0) is 48.7 Å². The molecular weight excluding hydrogens is 304 g/mol. The minimum absolute atomic E-state index is 0.0661. The Bertz CT molecular complexity index is 428. The number of ether oxygens (including phenoxy) is 1. The summed E-state index contributed by atoms with van der Waals surface area (Å²) in [5.41, 5.74) is 0.176. The summed E-state index contributed by atoms with van der Waals surface area (Å²) >= 11 is 3.15. The van der Waals surface area contributed by atoms with Crippen LogP contribution in [0.1, 0.15) is 26.7 Å². The molecule has 2 nitrogen and oxygen atoms in total. The Kier molecular flexibility index (Phi) is 3.92. The Morgan fingerprint density at radius 2 is 2.17 bits per heavy atom. The molecule has 0 bridgehead atoms. The van der Waals surface area contributed by atoms with E-state index < -0.39 is 11.6 Å². The van der Waals surface area contributed by atoms with Crippen molar-refractivity contribution >= 4 is 21.6 Å². The van der Waals surface area contributed by atoms with Crippen molar-refractivity contribution in [3.8, 4) is 0 Å². The zero-order chi connectivity index (χ0) is 13.3. The van der Waals surface area contributed by atoms with E-state index in [1.165, 1.54) is 6.07 Å². The highest BCUT2D eigenvalue weighted by Gasteiger charge is 2.31. The van der Waals surface area contributed by atoms with Crippen LogP contribution < -0.4 is 5.32 Å². The topological polar surface area (TPSA) is 21.3 Å². The lowest BCUT2D eigenvalue weighted by Gasteiger charge is -2.20. The molecule has 1 fully saturated rings. The molecule has 0 aromatic heterocycles. The largest absolute Gasteiger partial charge is 0.379 e. The Hall–Kier alpha value is -0.680. The van der Waals surface area contributed by atoms with Crippen LogP contribution in [0.3, 0.4) is 0 Å². The summed E-state index contributed by atoms with van der Waals surface area (Å²) in [6.45, 7) is 4.60. The quantitative estimate of drug-likeness (QED) is 0.905. The summed E-state index contributed by atoms with van der Waals surface area (Å²) < 4.78 is 32.7. The molecule has 0 aliphatic carbocycles. The summed E-state index contributed by atoms with van der Waals surface area (Å²) in [6.07, 6.45) is 2.00. The van der Waals surface area contributed by atoms with Crippen molar-refractivity contribution in [1.29, 1.82) is 0 Å². The molecule has 1 aliphatic rings. The Morgan fingerprint density at radius 1 is 1.44 bits per heavy atom. The number of rotatable bonds is 3. The first kappa shape index (κ1) is 13.7. The van der Waals surface area contributed by atoms with Gasteiger partial charge in [-0.1, -0.05) is 0 Å². The summed E-state index contributed by atoms with van der Waals surface area (Å²) in [4.78, 5) is 0. The maximum Gasteiger partial charge on any atom is 0.150 e. The second-order valence-corrected chi connectivity index (χ2v) is 6.02. The molecule has 1 saturated heterocycles. The fourth-order valence-electron chi connectivity index (χ4n) is 2.15. The molecule has 0 saturated carbocycles. The fraction of sp³-hybridized carbons (Fsp3) is 0.538. The molecule has 1 N–H and O–H groups in total. The highest BCUT2D eigenvalue weighted by Crippen LogP contribution is 2.31. The van der Waals surface area contributed by atoms with Gasteiger partial charge < -0.3 is 10.1 Å². The van der Waals surface area contributed by atoms with Crippen LogP contribution in [0, 0.1) is 11.6 Å². The van der Waals surface area contributed by atoms with Crippen molar-refractivity contribution in [2.45, 2.75) is 38.4 Å². The average molecular weight is 320 g/mol. The SMILES string of the molecule is CC1(C)CCC(CNc2c(F)cc(F)cc2Br)O1. The lowest BCUT2D eigenvalue weighted by atomic mass is 10.1. The van der Waals surface area contributed by atoms with Crippen molar-refractivity contribution in [3.05, 3.63) is 28.2 Å². The first-order valence-corrected chi connectivity index (χ1v) is 6.73. The summed E-state index contributed by atoms with van der Waals surface area (Å²) in [7, 11) is 0. The van der Waals surface area contributed by atoms with Crippen molar-refractivity contribution < 1.29 is 13.5 Å². The van der Waals surface area contributed by atoms with Crippen LogP contribution in [0.25, 0.3) is 0 Å². The second kappa shape index (κ2) is 5.13. The zero-order valence-corrected chi connectivity index (χ0v) is 12.0. The van der Waals surface area contributed by atoms with E-state index in [2.05, 4.69) is 21.2 Å². The van der Waals surface area contributed by atoms with E-state index in [1.54, 1.807) is 0 Å². The molecule has 0 amide bonds. The standard InChI is InChI=1S/C13H16BrF2NO/c1-13(2)4-3-9(18-13)7-17-12-10(14)5-8(15)6-11(12)16/h5-6,9,17H,3-4,7H2,1-2H3. The van der Waals surface area contributed by atoms with Crippen molar-refractivity contribution in [2.75, 3.05) is 11.9 Å². The van der Waals surface area contributed by atoms with E-state index in [4.69, 9.17) is 4.74 Å². The van der Waals surface area contributed by atoms with E-state index in [0.717, 1.165) is 18.9 Å². The van der Waals surface area contributed by atoms with Crippen molar-refractivity contribution in [3.63, 3.8) is 0 Å². The number of benzene rings is 1. The maximum absolute atomic E-state index is 13.6. The van der Waals surface area contributed by atoms with E-state index in [1.807, 2.05) is 13.8 Å². The van der Waals surface area contributed by atoms with Gasteiger partial charge in [-0.3, -0.25) is 0 Å². The van der Waals surface area contributed by atoms with Crippen LogP contribution in [-0.2, 0) is 4.74 Å². The number of hydrogen-bond donors (Lipinski definition) is 1. The molecule has 2 rings (SSSR count). The third kappa shape index (κ3) is 3.20. The van der Waals surface area contributed by atoms with Crippen LogP contribution in [0.15, 0.2) is 16.6 Å². The lowest BCUT2D eigenvalue weighted by molar-refractivity contribution is -0.00913. The van der Waals surface area contributed by atoms with Gasteiger partial charge in [0.15, 0.2) is 0 Å². The minimum atomic E-state index is -0.598. The molecule has 0 radical (unpaired) electrons. The molecule has 0 spiro atoms. The normalized spacial score (nSPS) is 22.2. The molecule has 5 heteroatoms. The van der Waals surface area contributed by atoms with Gasteiger partial charge in [-0.25, -0.2) is 8.78 Å². The van der Waals surface area contributed by atoms with Crippen LogP contribution >= 0.6 is 15.9 Å². The first-order valence-electron chi connectivity index (χ1n) is 5.94. The predicted octanol–water partition coefficient (Wildman–Crippen LogP) is 4.10. The zero-order valence-electron chi connectivity index (χ0n) is 10.4. The highest BCUT2D eigenvalue weighted by molar-refractivity contribution is 9.10. The smallest absolute Gasteiger partial charge is 0.150 e. The summed E-state index contributed by atoms with van der Waals surface area (Å²) in [5, 5.41) is 2.97. The Labute approximate surface area is 114 Å². The number of halogens is 3.